The highest BCUT2D eigenvalue weighted by Crippen LogP contribution is 2.39. The van der Waals surface area contributed by atoms with E-state index in [1.165, 1.54) is 5.56 Å². The Balaban J connectivity index is 2.02. The second-order valence-electron chi connectivity index (χ2n) is 7.34. The van der Waals surface area contributed by atoms with Crippen LogP contribution in [0.2, 0.25) is 0 Å². The molecule has 0 aromatic heterocycles. The van der Waals surface area contributed by atoms with E-state index in [-0.39, 0.29) is 11.7 Å². The number of rotatable bonds is 5. The van der Waals surface area contributed by atoms with Crippen molar-refractivity contribution >= 4 is 17.4 Å². The Morgan fingerprint density at radius 2 is 1.81 bits per heavy atom. The summed E-state index contributed by atoms with van der Waals surface area (Å²) in [6.45, 7) is 8.01. The molecule has 4 heteroatoms. The smallest absolute Gasteiger partial charge is 0.271 e. The molecule has 0 aliphatic carbocycles. The number of Topliss-reactive ketones (excluding diaryl/α,β-unsaturated/α-hetero) is 1. The van der Waals surface area contributed by atoms with Gasteiger partial charge in [0.2, 0.25) is 0 Å². The number of hydrogen-bond acceptors (Lipinski definition) is 3. The van der Waals surface area contributed by atoms with E-state index in [2.05, 4.69) is 0 Å². The minimum atomic E-state index is -0.938. The van der Waals surface area contributed by atoms with Crippen LogP contribution in [0.4, 0.5) is 5.69 Å². The third-order valence-corrected chi connectivity index (χ3v) is 4.64. The van der Waals surface area contributed by atoms with E-state index in [9.17, 15) is 9.59 Å². The topological polar surface area (TPSA) is 46.6 Å². The average molecular weight is 351 g/mol. The normalized spacial score (nSPS) is 15.4. The molecule has 0 saturated heterocycles. The lowest BCUT2D eigenvalue weighted by molar-refractivity contribution is -0.132. The summed E-state index contributed by atoms with van der Waals surface area (Å²) in [5, 5.41) is 0. The summed E-state index contributed by atoms with van der Waals surface area (Å²) >= 11 is 0. The van der Waals surface area contributed by atoms with Crippen molar-refractivity contribution in [1.29, 1.82) is 0 Å². The van der Waals surface area contributed by atoms with E-state index in [4.69, 9.17) is 4.74 Å². The van der Waals surface area contributed by atoms with Crippen molar-refractivity contribution < 1.29 is 14.3 Å². The van der Waals surface area contributed by atoms with Crippen molar-refractivity contribution in [3.8, 4) is 5.75 Å². The first-order valence-corrected chi connectivity index (χ1v) is 9.05. The first-order valence-electron chi connectivity index (χ1n) is 9.05. The molecule has 0 radical (unpaired) electrons. The SMILES string of the molecule is CCCC(=O)c1ccc2c(c1)N(Cc1ccc(C)cc1)C(=O)C(C)(C)O2. The van der Waals surface area contributed by atoms with E-state index in [1.54, 1.807) is 36.9 Å². The summed E-state index contributed by atoms with van der Waals surface area (Å²) in [6.07, 6.45) is 1.29. The average Bonchev–Trinajstić information content (AvgIpc) is 2.60. The number of carbonyl (C=O) groups excluding carboxylic acids is 2. The highest BCUT2D eigenvalue weighted by atomic mass is 16.5. The highest BCUT2D eigenvalue weighted by molar-refractivity contribution is 6.04. The Bertz CT molecular complexity index is 837. The van der Waals surface area contributed by atoms with Crippen molar-refractivity contribution in [2.45, 2.75) is 52.7 Å². The zero-order valence-corrected chi connectivity index (χ0v) is 15.8. The predicted molar refractivity (Wildman–Crippen MR) is 103 cm³/mol. The molecule has 0 fully saturated rings. The minimum Gasteiger partial charge on any atom is -0.476 e. The number of aryl methyl sites for hydroxylation is 1. The van der Waals surface area contributed by atoms with E-state index in [1.807, 2.05) is 38.1 Å². The molecule has 0 unspecified atom stereocenters. The first-order chi connectivity index (χ1) is 12.3. The van der Waals surface area contributed by atoms with Crippen molar-refractivity contribution in [3.63, 3.8) is 0 Å². The Morgan fingerprint density at radius 1 is 1.12 bits per heavy atom. The molecule has 1 aliphatic heterocycles. The Morgan fingerprint density at radius 3 is 2.46 bits per heavy atom. The Kier molecular flexibility index (Phi) is 4.86. The molecule has 1 heterocycles. The van der Waals surface area contributed by atoms with Gasteiger partial charge in [-0.15, -0.1) is 0 Å². The molecule has 0 atom stereocenters. The lowest BCUT2D eigenvalue weighted by Crippen LogP contribution is -2.52. The monoisotopic (exact) mass is 351 g/mol. The number of hydrogen-bond donors (Lipinski definition) is 0. The number of ketones is 1. The molecular weight excluding hydrogens is 326 g/mol. The van der Waals surface area contributed by atoms with Gasteiger partial charge in [-0.3, -0.25) is 9.59 Å². The summed E-state index contributed by atoms with van der Waals surface area (Å²) in [5.41, 5.74) is 2.56. The number of benzene rings is 2. The van der Waals surface area contributed by atoms with Gasteiger partial charge in [0, 0.05) is 12.0 Å². The summed E-state index contributed by atoms with van der Waals surface area (Å²) in [7, 11) is 0. The number of fused-ring (bicyclic) bond motifs is 1. The zero-order chi connectivity index (χ0) is 18.9. The lowest BCUT2D eigenvalue weighted by Gasteiger charge is -2.39. The van der Waals surface area contributed by atoms with Crippen LogP contribution >= 0.6 is 0 Å². The number of nitrogens with zero attached hydrogens (tertiary/aromatic N) is 1. The summed E-state index contributed by atoms with van der Waals surface area (Å²) in [6, 6.07) is 13.5. The number of anilines is 1. The predicted octanol–water partition coefficient (Wildman–Crippen LogP) is 4.68. The molecule has 1 aliphatic rings. The van der Waals surface area contributed by atoms with Crippen LogP contribution in [0.1, 0.15) is 55.1 Å². The van der Waals surface area contributed by atoms with Gasteiger partial charge in [-0.25, -0.2) is 0 Å². The fourth-order valence-electron chi connectivity index (χ4n) is 3.15. The maximum atomic E-state index is 13.0. The zero-order valence-electron chi connectivity index (χ0n) is 15.8. The van der Waals surface area contributed by atoms with Gasteiger partial charge >= 0.3 is 0 Å². The molecule has 0 saturated carbocycles. The van der Waals surface area contributed by atoms with Crippen LogP contribution in [0.5, 0.6) is 5.75 Å². The number of ether oxygens (including phenoxy) is 1. The third-order valence-electron chi connectivity index (χ3n) is 4.64. The van der Waals surface area contributed by atoms with E-state index >= 15 is 0 Å². The van der Waals surface area contributed by atoms with Crippen LogP contribution in [0, 0.1) is 6.92 Å². The summed E-state index contributed by atoms with van der Waals surface area (Å²) < 4.78 is 5.91. The molecule has 2 aromatic rings. The van der Waals surface area contributed by atoms with Crippen molar-refractivity contribution in [2.24, 2.45) is 0 Å². The van der Waals surface area contributed by atoms with Crippen LogP contribution in [0.3, 0.4) is 0 Å². The Hall–Kier alpha value is -2.62. The van der Waals surface area contributed by atoms with Crippen LogP contribution in [-0.2, 0) is 11.3 Å². The quantitative estimate of drug-likeness (QED) is 0.735. The Labute approximate surface area is 154 Å². The van der Waals surface area contributed by atoms with Crippen molar-refractivity contribution in [1.82, 2.24) is 0 Å². The van der Waals surface area contributed by atoms with Gasteiger partial charge < -0.3 is 9.64 Å². The fraction of sp³-hybridized carbons (Fsp3) is 0.364. The molecule has 26 heavy (non-hydrogen) atoms. The van der Waals surface area contributed by atoms with Gasteiger partial charge in [0.15, 0.2) is 11.4 Å². The van der Waals surface area contributed by atoms with Crippen molar-refractivity contribution in [2.75, 3.05) is 4.90 Å². The molecule has 2 aromatic carbocycles. The number of amides is 1. The van der Waals surface area contributed by atoms with Crippen molar-refractivity contribution in [3.05, 3.63) is 59.2 Å². The summed E-state index contributed by atoms with van der Waals surface area (Å²) in [4.78, 5) is 27.0. The van der Waals surface area contributed by atoms with Gasteiger partial charge in [-0.05, 0) is 51.0 Å². The second-order valence-corrected chi connectivity index (χ2v) is 7.34. The maximum Gasteiger partial charge on any atom is 0.271 e. The molecule has 0 spiro atoms. The lowest BCUT2D eigenvalue weighted by atomic mass is 10.00. The van der Waals surface area contributed by atoms with Crippen LogP contribution in [-0.4, -0.2) is 17.3 Å². The molecule has 4 nitrogen and oxygen atoms in total. The van der Waals surface area contributed by atoms with Crippen LogP contribution in [0.25, 0.3) is 0 Å². The molecule has 0 bridgehead atoms. The van der Waals surface area contributed by atoms with Gasteiger partial charge in [0.25, 0.3) is 5.91 Å². The summed E-state index contributed by atoms with van der Waals surface area (Å²) in [5.74, 6) is 0.614. The minimum absolute atomic E-state index is 0.0860. The van der Waals surface area contributed by atoms with E-state index in [0.717, 1.165) is 12.0 Å². The first kappa shape index (κ1) is 18.2. The standard InChI is InChI=1S/C22H25NO3/c1-5-6-19(24)17-11-12-20-18(13-17)23(21(25)22(3,4)26-20)14-16-9-7-15(2)8-10-16/h7-13H,5-6,14H2,1-4H3. The molecule has 136 valence electrons. The maximum absolute atomic E-state index is 13.0. The molecule has 1 amide bonds. The van der Waals surface area contributed by atoms with Gasteiger partial charge in [-0.1, -0.05) is 36.8 Å². The third kappa shape index (κ3) is 3.50. The van der Waals surface area contributed by atoms with E-state index < -0.39 is 5.60 Å². The molecular formula is C22H25NO3. The van der Waals surface area contributed by atoms with Crippen LogP contribution in [0.15, 0.2) is 42.5 Å². The van der Waals surface area contributed by atoms with E-state index in [0.29, 0.717) is 30.0 Å². The van der Waals surface area contributed by atoms with Crippen LogP contribution < -0.4 is 9.64 Å². The fourth-order valence-corrected chi connectivity index (χ4v) is 3.15. The molecule has 0 N–H and O–H groups in total. The largest absolute Gasteiger partial charge is 0.476 e. The highest BCUT2D eigenvalue weighted by Gasteiger charge is 2.41. The molecule has 3 rings (SSSR count). The number of carbonyl (C=O) groups is 2. The second kappa shape index (κ2) is 6.94. The van der Waals surface area contributed by atoms with Gasteiger partial charge in [0.1, 0.15) is 5.75 Å². The van der Waals surface area contributed by atoms with Gasteiger partial charge in [-0.2, -0.15) is 0 Å². The van der Waals surface area contributed by atoms with Gasteiger partial charge in [0.05, 0.1) is 12.2 Å².